The first kappa shape index (κ1) is 14.3. The Bertz CT molecular complexity index is 554. The number of nitrogens with one attached hydrogen (secondary N) is 1. The van der Waals surface area contributed by atoms with Crippen molar-refractivity contribution in [2.45, 2.75) is 13.5 Å². The molecule has 1 aromatic heterocycles. The van der Waals surface area contributed by atoms with Crippen LogP contribution in [0.15, 0.2) is 24.4 Å². The molecule has 0 spiro atoms. The minimum atomic E-state index is 0.530. The molecule has 0 bridgehead atoms. The summed E-state index contributed by atoms with van der Waals surface area (Å²) in [6.45, 7) is 3.78. The quantitative estimate of drug-likeness (QED) is 0.781. The first-order valence-corrected chi connectivity index (χ1v) is 6.50. The summed E-state index contributed by atoms with van der Waals surface area (Å²) in [5.41, 5.74) is 3.12. The van der Waals surface area contributed by atoms with Gasteiger partial charge in [-0.15, -0.1) is 5.10 Å². The van der Waals surface area contributed by atoms with Gasteiger partial charge in [-0.05, 0) is 24.6 Å². The summed E-state index contributed by atoms with van der Waals surface area (Å²) in [7, 11) is 3.53. The Morgan fingerprint density at radius 2 is 2.15 bits per heavy atom. The number of benzene rings is 1. The monoisotopic (exact) mass is 276 g/mol. The van der Waals surface area contributed by atoms with E-state index in [9.17, 15) is 0 Å². The topological polar surface area (TPSA) is 61.2 Å². The van der Waals surface area contributed by atoms with Gasteiger partial charge in [0, 0.05) is 14.2 Å². The second-order valence-electron chi connectivity index (χ2n) is 4.54. The fourth-order valence-corrected chi connectivity index (χ4v) is 1.79. The number of hydrogen-bond acceptors (Lipinski definition) is 5. The van der Waals surface area contributed by atoms with Crippen LogP contribution < -0.4 is 10.1 Å². The van der Waals surface area contributed by atoms with Gasteiger partial charge >= 0.3 is 0 Å². The van der Waals surface area contributed by atoms with Crippen molar-refractivity contribution in [3.8, 4) is 5.75 Å². The molecule has 0 atom stereocenters. The highest BCUT2D eigenvalue weighted by molar-refractivity contribution is 5.57. The van der Waals surface area contributed by atoms with Crippen molar-refractivity contribution in [1.82, 2.24) is 15.0 Å². The zero-order chi connectivity index (χ0) is 14.4. The van der Waals surface area contributed by atoms with Gasteiger partial charge in [-0.3, -0.25) is 4.68 Å². The molecule has 2 rings (SSSR count). The molecule has 0 saturated heterocycles. The van der Waals surface area contributed by atoms with Crippen molar-refractivity contribution < 1.29 is 9.47 Å². The van der Waals surface area contributed by atoms with Gasteiger partial charge in [0.15, 0.2) is 0 Å². The molecule has 1 heterocycles. The van der Waals surface area contributed by atoms with Gasteiger partial charge in [0.2, 0.25) is 0 Å². The van der Waals surface area contributed by atoms with Crippen molar-refractivity contribution in [3.63, 3.8) is 0 Å². The van der Waals surface area contributed by atoms with Crippen molar-refractivity contribution in [1.29, 1.82) is 0 Å². The summed E-state index contributed by atoms with van der Waals surface area (Å²) in [5, 5.41) is 11.1. The first-order valence-electron chi connectivity index (χ1n) is 6.50. The maximum Gasteiger partial charge on any atom is 0.142 e. The Morgan fingerprint density at radius 3 is 2.85 bits per heavy atom. The minimum absolute atomic E-state index is 0.530. The number of ether oxygens (including phenoxy) is 2. The van der Waals surface area contributed by atoms with Gasteiger partial charge in [-0.1, -0.05) is 11.3 Å². The molecule has 6 heteroatoms. The number of methoxy groups -OCH3 is 1. The molecular formula is C14H20N4O2. The first-order chi connectivity index (χ1) is 9.70. The van der Waals surface area contributed by atoms with Crippen LogP contribution in [-0.2, 0) is 18.3 Å². The summed E-state index contributed by atoms with van der Waals surface area (Å²) in [6, 6.07) is 6.08. The van der Waals surface area contributed by atoms with Gasteiger partial charge in [0.1, 0.15) is 12.4 Å². The zero-order valence-corrected chi connectivity index (χ0v) is 12.1. The normalized spacial score (nSPS) is 10.6. The third kappa shape index (κ3) is 3.71. The fourth-order valence-electron chi connectivity index (χ4n) is 1.79. The highest BCUT2D eigenvalue weighted by Crippen LogP contribution is 2.26. The SMILES string of the molecule is COCCOc1cc(C)ccc1NCc1cnnn1C. The molecule has 0 amide bonds. The van der Waals surface area contributed by atoms with E-state index in [1.807, 2.05) is 32.2 Å². The average molecular weight is 276 g/mol. The van der Waals surface area contributed by atoms with E-state index in [-0.39, 0.29) is 0 Å². The summed E-state index contributed by atoms with van der Waals surface area (Å²) in [4.78, 5) is 0. The van der Waals surface area contributed by atoms with Crippen molar-refractivity contribution in [2.75, 3.05) is 25.6 Å². The second-order valence-corrected chi connectivity index (χ2v) is 4.54. The number of hydrogen-bond donors (Lipinski definition) is 1. The van der Waals surface area contributed by atoms with Crippen LogP contribution in [0.4, 0.5) is 5.69 Å². The van der Waals surface area contributed by atoms with E-state index in [4.69, 9.17) is 9.47 Å². The summed E-state index contributed by atoms with van der Waals surface area (Å²) >= 11 is 0. The predicted octanol–water partition coefficient (Wildman–Crippen LogP) is 1.76. The Labute approximate surface area is 118 Å². The van der Waals surface area contributed by atoms with E-state index >= 15 is 0 Å². The number of anilines is 1. The van der Waals surface area contributed by atoms with Crippen LogP contribution in [0.5, 0.6) is 5.75 Å². The molecule has 0 radical (unpaired) electrons. The van der Waals surface area contributed by atoms with Crippen molar-refractivity contribution in [2.24, 2.45) is 7.05 Å². The Kier molecular flexibility index (Phi) is 4.95. The molecule has 0 aliphatic heterocycles. The van der Waals surface area contributed by atoms with Crippen LogP contribution in [0.2, 0.25) is 0 Å². The molecule has 0 aliphatic rings. The van der Waals surface area contributed by atoms with Crippen LogP contribution in [0.3, 0.4) is 0 Å². The molecular weight excluding hydrogens is 256 g/mol. The van der Waals surface area contributed by atoms with Gasteiger partial charge in [0.25, 0.3) is 0 Å². The van der Waals surface area contributed by atoms with Gasteiger partial charge in [-0.2, -0.15) is 0 Å². The molecule has 0 unspecified atom stereocenters. The van der Waals surface area contributed by atoms with Crippen LogP contribution in [0, 0.1) is 6.92 Å². The lowest BCUT2D eigenvalue weighted by molar-refractivity contribution is 0.146. The van der Waals surface area contributed by atoms with Crippen molar-refractivity contribution >= 4 is 5.69 Å². The summed E-state index contributed by atoms with van der Waals surface area (Å²) < 4.78 is 12.5. The lowest BCUT2D eigenvalue weighted by Gasteiger charge is -2.14. The second kappa shape index (κ2) is 6.91. The van der Waals surface area contributed by atoms with E-state index in [0.29, 0.717) is 19.8 Å². The van der Waals surface area contributed by atoms with Gasteiger partial charge in [0.05, 0.1) is 30.7 Å². The number of rotatable bonds is 7. The highest BCUT2D eigenvalue weighted by atomic mass is 16.5. The molecule has 0 fully saturated rings. The molecule has 1 N–H and O–H groups in total. The van der Waals surface area contributed by atoms with E-state index in [2.05, 4.69) is 15.6 Å². The third-order valence-electron chi connectivity index (χ3n) is 2.95. The number of nitrogens with zero attached hydrogens (tertiary/aromatic N) is 3. The smallest absolute Gasteiger partial charge is 0.142 e. The maximum absolute atomic E-state index is 5.73. The van der Waals surface area contributed by atoms with E-state index in [1.54, 1.807) is 18.0 Å². The van der Waals surface area contributed by atoms with Gasteiger partial charge < -0.3 is 14.8 Å². The Hall–Kier alpha value is -2.08. The standard InChI is InChI=1S/C14H20N4O2/c1-11-4-5-13(14(8-11)20-7-6-19-3)15-9-12-10-16-17-18(12)2/h4-5,8,10,15H,6-7,9H2,1-3H3. The molecule has 0 aliphatic carbocycles. The molecule has 1 aromatic carbocycles. The van der Waals surface area contributed by atoms with Crippen LogP contribution in [0.1, 0.15) is 11.3 Å². The number of aryl methyl sites for hydroxylation is 2. The van der Waals surface area contributed by atoms with E-state index in [1.165, 1.54) is 0 Å². The Morgan fingerprint density at radius 1 is 1.30 bits per heavy atom. The van der Waals surface area contributed by atoms with Crippen LogP contribution in [0.25, 0.3) is 0 Å². The maximum atomic E-state index is 5.73. The lowest BCUT2D eigenvalue weighted by Crippen LogP contribution is -2.09. The Balaban J connectivity index is 2.04. The average Bonchev–Trinajstić information content (AvgIpc) is 2.84. The van der Waals surface area contributed by atoms with E-state index in [0.717, 1.165) is 22.7 Å². The van der Waals surface area contributed by atoms with Gasteiger partial charge in [-0.25, -0.2) is 0 Å². The largest absolute Gasteiger partial charge is 0.489 e. The molecule has 2 aromatic rings. The van der Waals surface area contributed by atoms with Crippen LogP contribution >= 0.6 is 0 Å². The van der Waals surface area contributed by atoms with Crippen LogP contribution in [-0.4, -0.2) is 35.3 Å². The summed E-state index contributed by atoms with van der Waals surface area (Å²) in [5.74, 6) is 0.831. The lowest BCUT2D eigenvalue weighted by atomic mass is 10.2. The molecule has 6 nitrogen and oxygen atoms in total. The highest BCUT2D eigenvalue weighted by Gasteiger charge is 2.06. The van der Waals surface area contributed by atoms with E-state index < -0.39 is 0 Å². The molecule has 108 valence electrons. The minimum Gasteiger partial charge on any atom is -0.489 e. The molecule has 20 heavy (non-hydrogen) atoms. The summed E-state index contributed by atoms with van der Waals surface area (Å²) in [6.07, 6.45) is 1.74. The zero-order valence-electron chi connectivity index (χ0n) is 12.1. The third-order valence-corrected chi connectivity index (χ3v) is 2.95. The fraction of sp³-hybridized carbons (Fsp3) is 0.429. The number of aromatic nitrogens is 3. The predicted molar refractivity (Wildman–Crippen MR) is 76.9 cm³/mol. The van der Waals surface area contributed by atoms with Crippen molar-refractivity contribution in [3.05, 3.63) is 35.7 Å². The molecule has 0 saturated carbocycles.